The van der Waals surface area contributed by atoms with Crippen LogP contribution in [0.15, 0.2) is 30.6 Å². The Balaban J connectivity index is 1.42. The van der Waals surface area contributed by atoms with Gasteiger partial charge in [-0.25, -0.2) is 4.98 Å². The third-order valence-corrected chi connectivity index (χ3v) is 3.83. The monoisotopic (exact) mass is 258 g/mol. The molecule has 102 valence electrons. The molecule has 4 heteroatoms. The first kappa shape index (κ1) is 12.6. The molecule has 0 amide bonds. The predicted molar refractivity (Wildman–Crippen MR) is 78.2 cm³/mol. The Labute approximate surface area is 114 Å². The van der Waals surface area contributed by atoms with E-state index in [9.17, 15) is 0 Å². The Morgan fingerprint density at radius 2 is 2.32 bits per heavy atom. The highest BCUT2D eigenvalue weighted by atomic mass is 15.0. The van der Waals surface area contributed by atoms with Crippen LogP contribution in [0.25, 0.3) is 11.0 Å². The lowest BCUT2D eigenvalue weighted by molar-refractivity contribution is 0.515. The quantitative estimate of drug-likeness (QED) is 0.776. The number of para-hydroxylation sites is 2. The van der Waals surface area contributed by atoms with Crippen LogP contribution in [0.4, 0.5) is 0 Å². The number of rotatable bonds is 6. The van der Waals surface area contributed by atoms with Crippen LogP contribution in [0, 0.1) is 0 Å². The van der Waals surface area contributed by atoms with Crippen LogP contribution in [0.2, 0.25) is 0 Å². The molecule has 1 saturated heterocycles. The van der Waals surface area contributed by atoms with Gasteiger partial charge in [0.15, 0.2) is 0 Å². The average Bonchev–Trinajstić information content (AvgIpc) is 3.08. The zero-order valence-corrected chi connectivity index (χ0v) is 11.3. The molecule has 19 heavy (non-hydrogen) atoms. The molecule has 1 fully saturated rings. The number of nitrogens with zero attached hydrogens (tertiary/aromatic N) is 2. The Morgan fingerprint density at radius 3 is 3.21 bits per heavy atom. The average molecular weight is 258 g/mol. The second kappa shape index (κ2) is 6.17. The van der Waals surface area contributed by atoms with Crippen LogP contribution >= 0.6 is 0 Å². The fourth-order valence-corrected chi connectivity index (χ4v) is 2.77. The summed E-state index contributed by atoms with van der Waals surface area (Å²) in [7, 11) is 0. The number of aryl methyl sites for hydroxylation is 1. The molecule has 0 saturated carbocycles. The van der Waals surface area contributed by atoms with Gasteiger partial charge < -0.3 is 15.2 Å². The van der Waals surface area contributed by atoms with E-state index in [1.54, 1.807) is 0 Å². The zero-order chi connectivity index (χ0) is 12.9. The molecule has 0 bridgehead atoms. The van der Waals surface area contributed by atoms with Crippen molar-refractivity contribution in [3.05, 3.63) is 30.6 Å². The van der Waals surface area contributed by atoms with Gasteiger partial charge in [0.2, 0.25) is 0 Å². The van der Waals surface area contributed by atoms with E-state index >= 15 is 0 Å². The van der Waals surface area contributed by atoms with Crippen molar-refractivity contribution in [1.29, 1.82) is 0 Å². The van der Waals surface area contributed by atoms with Crippen molar-refractivity contribution in [2.75, 3.05) is 19.6 Å². The van der Waals surface area contributed by atoms with E-state index in [-0.39, 0.29) is 0 Å². The van der Waals surface area contributed by atoms with E-state index < -0.39 is 0 Å². The molecule has 3 rings (SSSR count). The SMILES string of the molecule is c1ccc2c(c1)ncn2CCCNCC1CCCN1. The second-order valence-electron chi connectivity index (χ2n) is 5.28. The lowest BCUT2D eigenvalue weighted by Crippen LogP contribution is -2.34. The van der Waals surface area contributed by atoms with Gasteiger partial charge in [0.05, 0.1) is 17.4 Å². The summed E-state index contributed by atoms with van der Waals surface area (Å²) in [5, 5.41) is 7.05. The summed E-state index contributed by atoms with van der Waals surface area (Å²) in [6, 6.07) is 9.00. The Bertz CT molecular complexity index is 514. The first-order valence-corrected chi connectivity index (χ1v) is 7.27. The molecule has 0 aliphatic carbocycles. The van der Waals surface area contributed by atoms with E-state index in [1.807, 2.05) is 12.4 Å². The fourth-order valence-electron chi connectivity index (χ4n) is 2.77. The van der Waals surface area contributed by atoms with Crippen molar-refractivity contribution in [1.82, 2.24) is 20.2 Å². The summed E-state index contributed by atoms with van der Waals surface area (Å²) in [5.74, 6) is 0. The highest BCUT2D eigenvalue weighted by molar-refractivity contribution is 5.74. The van der Waals surface area contributed by atoms with Crippen LogP contribution in [0.3, 0.4) is 0 Å². The predicted octanol–water partition coefficient (Wildman–Crippen LogP) is 1.77. The van der Waals surface area contributed by atoms with Crippen molar-refractivity contribution >= 4 is 11.0 Å². The largest absolute Gasteiger partial charge is 0.331 e. The number of fused-ring (bicyclic) bond motifs is 1. The second-order valence-corrected chi connectivity index (χ2v) is 5.28. The minimum Gasteiger partial charge on any atom is -0.331 e. The third-order valence-electron chi connectivity index (χ3n) is 3.83. The Morgan fingerprint density at radius 1 is 1.37 bits per heavy atom. The summed E-state index contributed by atoms with van der Waals surface area (Å²) < 4.78 is 2.24. The molecule has 1 aliphatic heterocycles. The molecule has 1 aromatic heterocycles. The molecule has 4 nitrogen and oxygen atoms in total. The minimum atomic E-state index is 0.689. The topological polar surface area (TPSA) is 41.9 Å². The van der Waals surface area contributed by atoms with Crippen molar-refractivity contribution in [3.8, 4) is 0 Å². The number of benzene rings is 1. The van der Waals surface area contributed by atoms with Crippen molar-refractivity contribution in [2.24, 2.45) is 0 Å². The number of nitrogens with one attached hydrogen (secondary N) is 2. The number of hydrogen-bond acceptors (Lipinski definition) is 3. The van der Waals surface area contributed by atoms with Crippen LogP contribution in [0.1, 0.15) is 19.3 Å². The van der Waals surface area contributed by atoms with E-state index in [1.165, 1.54) is 24.9 Å². The Kier molecular flexibility index (Phi) is 4.10. The van der Waals surface area contributed by atoms with Crippen molar-refractivity contribution < 1.29 is 0 Å². The summed E-state index contributed by atoms with van der Waals surface area (Å²) in [4.78, 5) is 4.41. The van der Waals surface area contributed by atoms with E-state index in [4.69, 9.17) is 0 Å². The van der Waals surface area contributed by atoms with Gasteiger partial charge in [0, 0.05) is 19.1 Å². The fraction of sp³-hybridized carbons (Fsp3) is 0.533. The maximum Gasteiger partial charge on any atom is 0.0958 e. The molecule has 2 heterocycles. The lowest BCUT2D eigenvalue weighted by atomic mass is 10.2. The molecule has 2 aromatic rings. The normalized spacial score (nSPS) is 19.3. The molecule has 0 radical (unpaired) electrons. The van der Waals surface area contributed by atoms with Gasteiger partial charge in [-0.15, -0.1) is 0 Å². The molecule has 1 unspecified atom stereocenters. The highest BCUT2D eigenvalue weighted by Crippen LogP contribution is 2.11. The van der Waals surface area contributed by atoms with Gasteiger partial charge in [-0.3, -0.25) is 0 Å². The van der Waals surface area contributed by atoms with Crippen molar-refractivity contribution in [3.63, 3.8) is 0 Å². The van der Waals surface area contributed by atoms with Crippen LogP contribution in [0.5, 0.6) is 0 Å². The smallest absolute Gasteiger partial charge is 0.0958 e. The minimum absolute atomic E-state index is 0.689. The van der Waals surface area contributed by atoms with Gasteiger partial charge in [0.25, 0.3) is 0 Å². The van der Waals surface area contributed by atoms with Gasteiger partial charge in [0.1, 0.15) is 0 Å². The number of imidazole rings is 1. The maximum absolute atomic E-state index is 4.41. The van der Waals surface area contributed by atoms with Gasteiger partial charge in [-0.05, 0) is 44.5 Å². The zero-order valence-electron chi connectivity index (χ0n) is 11.3. The van der Waals surface area contributed by atoms with E-state index in [2.05, 4.69) is 38.4 Å². The van der Waals surface area contributed by atoms with Crippen LogP contribution in [-0.4, -0.2) is 35.2 Å². The summed E-state index contributed by atoms with van der Waals surface area (Å²) >= 11 is 0. The van der Waals surface area contributed by atoms with Crippen LogP contribution in [-0.2, 0) is 6.54 Å². The van der Waals surface area contributed by atoms with Gasteiger partial charge in [-0.1, -0.05) is 12.1 Å². The molecule has 0 spiro atoms. The number of hydrogen-bond donors (Lipinski definition) is 2. The summed E-state index contributed by atoms with van der Waals surface area (Å²) in [6.45, 7) is 4.40. The first-order chi connectivity index (χ1) is 9.43. The van der Waals surface area contributed by atoms with Crippen LogP contribution < -0.4 is 10.6 Å². The molecule has 1 atom stereocenters. The van der Waals surface area contributed by atoms with Gasteiger partial charge >= 0.3 is 0 Å². The first-order valence-electron chi connectivity index (χ1n) is 7.27. The summed E-state index contributed by atoms with van der Waals surface area (Å²) in [6.07, 6.45) is 5.74. The molecule has 1 aliphatic rings. The number of aromatic nitrogens is 2. The van der Waals surface area contributed by atoms with Crippen molar-refractivity contribution in [2.45, 2.75) is 31.8 Å². The highest BCUT2D eigenvalue weighted by Gasteiger charge is 2.12. The third kappa shape index (κ3) is 3.14. The molecular weight excluding hydrogens is 236 g/mol. The lowest BCUT2D eigenvalue weighted by Gasteiger charge is -2.11. The molecule has 2 N–H and O–H groups in total. The van der Waals surface area contributed by atoms with E-state index in [0.717, 1.165) is 31.6 Å². The summed E-state index contributed by atoms with van der Waals surface area (Å²) in [5.41, 5.74) is 2.32. The molecular formula is C15H22N4. The van der Waals surface area contributed by atoms with Gasteiger partial charge in [-0.2, -0.15) is 0 Å². The molecule has 1 aromatic carbocycles. The maximum atomic E-state index is 4.41. The van der Waals surface area contributed by atoms with E-state index in [0.29, 0.717) is 6.04 Å². The Hall–Kier alpha value is -1.39. The standard InChI is InChI=1S/C15H22N4/c1-2-7-15-14(6-1)18-12-19(15)10-4-8-16-11-13-5-3-9-17-13/h1-2,6-7,12-13,16-17H,3-5,8-11H2.